The monoisotopic (exact) mass is 398 g/mol. The first-order chi connectivity index (χ1) is 13.3. The van der Waals surface area contributed by atoms with Crippen LogP contribution in [0.5, 0.6) is 0 Å². The maximum Gasteiger partial charge on any atom is 0.305 e. The molecule has 0 aliphatic heterocycles. The normalized spacial score (nSPS) is 22.2. The number of carbonyl (C=O) groups excluding carboxylic acids is 1. The number of carbonyl (C=O) groups is 3. The van der Waals surface area contributed by atoms with E-state index >= 15 is 0 Å². The van der Waals surface area contributed by atoms with Crippen LogP contribution in [0.25, 0.3) is 0 Å². The Balaban J connectivity index is 2.38. The summed E-state index contributed by atoms with van der Waals surface area (Å²) in [7, 11) is 0. The van der Waals surface area contributed by atoms with E-state index in [1.807, 2.05) is 0 Å². The summed E-state index contributed by atoms with van der Waals surface area (Å²) in [6, 6.07) is 0. The Morgan fingerprint density at radius 2 is 1.54 bits per heavy atom. The van der Waals surface area contributed by atoms with Crippen molar-refractivity contribution in [3.63, 3.8) is 0 Å². The summed E-state index contributed by atoms with van der Waals surface area (Å²) >= 11 is 0. The van der Waals surface area contributed by atoms with Gasteiger partial charge in [-0.25, -0.2) is 0 Å². The van der Waals surface area contributed by atoms with E-state index in [-0.39, 0.29) is 24.7 Å². The number of carboxylic acid groups (broad SMARTS) is 2. The van der Waals surface area contributed by atoms with Gasteiger partial charge < -0.3 is 14.9 Å². The Labute approximate surface area is 169 Å². The topological polar surface area (TPSA) is 101 Å². The summed E-state index contributed by atoms with van der Waals surface area (Å²) in [6.45, 7) is 4.85. The molecule has 0 aromatic rings. The van der Waals surface area contributed by atoms with Gasteiger partial charge in [-0.3, -0.25) is 14.4 Å². The summed E-state index contributed by atoms with van der Waals surface area (Å²) in [6.07, 6.45) is 8.59. The first kappa shape index (κ1) is 24.4. The molecule has 2 N–H and O–H groups in total. The van der Waals surface area contributed by atoms with Gasteiger partial charge in [0.2, 0.25) is 0 Å². The smallest absolute Gasteiger partial charge is 0.305 e. The van der Waals surface area contributed by atoms with Crippen molar-refractivity contribution < 1.29 is 29.3 Å². The van der Waals surface area contributed by atoms with Gasteiger partial charge >= 0.3 is 17.9 Å². The standard InChI is InChI=1S/C22H38O6/c1-16(2)5-3-4-14-28-22(27)13-10-18-8-6-17(7-11-20(23)24)15-19(18)9-12-21(25)26/h16-19H,3-15H2,1-2H3,(H,23,24)(H,25,26). The van der Waals surface area contributed by atoms with Crippen molar-refractivity contribution in [3.8, 4) is 0 Å². The van der Waals surface area contributed by atoms with Gasteiger partial charge in [0.1, 0.15) is 0 Å². The summed E-state index contributed by atoms with van der Waals surface area (Å²) in [5.41, 5.74) is 0. The van der Waals surface area contributed by atoms with Gasteiger partial charge in [-0.1, -0.05) is 26.7 Å². The zero-order chi connectivity index (χ0) is 20.9. The van der Waals surface area contributed by atoms with Gasteiger partial charge in [0, 0.05) is 19.3 Å². The molecule has 0 aromatic carbocycles. The molecule has 0 heterocycles. The molecular weight excluding hydrogens is 360 g/mol. The second-order valence-corrected chi connectivity index (χ2v) is 8.71. The van der Waals surface area contributed by atoms with Crippen LogP contribution < -0.4 is 0 Å². The highest BCUT2D eigenvalue weighted by molar-refractivity contribution is 5.69. The second-order valence-electron chi connectivity index (χ2n) is 8.71. The zero-order valence-corrected chi connectivity index (χ0v) is 17.5. The number of aliphatic carboxylic acids is 2. The molecule has 1 fully saturated rings. The minimum Gasteiger partial charge on any atom is -0.481 e. The summed E-state index contributed by atoms with van der Waals surface area (Å²) in [4.78, 5) is 33.8. The maximum absolute atomic E-state index is 12.0. The van der Waals surface area contributed by atoms with Gasteiger partial charge in [-0.05, 0) is 68.6 Å². The number of unbranched alkanes of at least 4 members (excludes halogenated alkanes) is 1. The van der Waals surface area contributed by atoms with E-state index in [0.29, 0.717) is 43.6 Å². The fourth-order valence-corrected chi connectivity index (χ4v) is 4.27. The lowest BCUT2D eigenvalue weighted by Crippen LogP contribution is -2.27. The average molecular weight is 399 g/mol. The molecule has 0 saturated heterocycles. The molecule has 0 radical (unpaired) electrons. The lowest BCUT2D eigenvalue weighted by atomic mass is 9.69. The fourth-order valence-electron chi connectivity index (χ4n) is 4.27. The molecule has 1 saturated carbocycles. The lowest BCUT2D eigenvalue weighted by Gasteiger charge is -2.36. The van der Waals surface area contributed by atoms with Crippen LogP contribution in [0.3, 0.4) is 0 Å². The summed E-state index contributed by atoms with van der Waals surface area (Å²) < 4.78 is 5.34. The van der Waals surface area contributed by atoms with E-state index in [2.05, 4.69) is 13.8 Å². The molecule has 1 aliphatic carbocycles. The Morgan fingerprint density at radius 3 is 2.18 bits per heavy atom. The van der Waals surface area contributed by atoms with Crippen LogP contribution >= 0.6 is 0 Å². The number of ether oxygens (including phenoxy) is 1. The Kier molecular flexibility index (Phi) is 11.8. The third-order valence-electron chi connectivity index (χ3n) is 5.90. The number of carboxylic acids is 2. The highest BCUT2D eigenvalue weighted by Gasteiger charge is 2.31. The van der Waals surface area contributed by atoms with Crippen molar-refractivity contribution in [2.24, 2.45) is 23.7 Å². The van der Waals surface area contributed by atoms with E-state index in [1.54, 1.807) is 0 Å². The molecule has 6 heteroatoms. The minimum atomic E-state index is -0.799. The maximum atomic E-state index is 12.0. The molecule has 28 heavy (non-hydrogen) atoms. The highest BCUT2D eigenvalue weighted by Crippen LogP contribution is 2.40. The predicted octanol–water partition coefficient (Wildman–Crippen LogP) is 4.90. The molecule has 1 aliphatic rings. The van der Waals surface area contributed by atoms with Crippen molar-refractivity contribution in [1.82, 2.24) is 0 Å². The van der Waals surface area contributed by atoms with Gasteiger partial charge in [0.15, 0.2) is 0 Å². The molecule has 0 bridgehead atoms. The molecule has 3 atom stereocenters. The predicted molar refractivity (Wildman–Crippen MR) is 107 cm³/mol. The Hall–Kier alpha value is -1.59. The molecule has 0 aromatic heterocycles. The van der Waals surface area contributed by atoms with Gasteiger partial charge in [0.25, 0.3) is 0 Å². The van der Waals surface area contributed by atoms with E-state index in [9.17, 15) is 14.4 Å². The Bertz CT molecular complexity index is 487. The van der Waals surface area contributed by atoms with Crippen LogP contribution in [-0.4, -0.2) is 34.7 Å². The highest BCUT2D eigenvalue weighted by atomic mass is 16.5. The van der Waals surface area contributed by atoms with Crippen molar-refractivity contribution in [2.45, 2.75) is 90.9 Å². The molecule has 0 amide bonds. The summed E-state index contributed by atoms with van der Waals surface area (Å²) in [5.74, 6) is -0.137. The third kappa shape index (κ3) is 11.3. The number of hydrogen-bond donors (Lipinski definition) is 2. The van der Waals surface area contributed by atoms with Gasteiger partial charge in [-0.15, -0.1) is 0 Å². The van der Waals surface area contributed by atoms with Crippen molar-refractivity contribution >= 4 is 17.9 Å². The largest absolute Gasteiger partial charge is 0.481 e. The molecule has 3 unspecified atom stereocenters. The fraction of sp³-hybridized carbons (Fsp3) is 0.864. The van der Waals surface area contributed by atoms with Crippen LogP contribution in [0.4, 0.5) is 0 Å². The Morgan fingerprint density at radius 1 is 0.893 bits per heavy atom. The second kappa shape index (κ2) is 13.6. The van der Waals surface area contributed by atoms with Crippen LogP contribution in [0.2, 0.25) is 0 Å². The van der Waals surface area contributed by atoms with Crippen molar-refractivity contribution in [3.05, 3.63) is 0 Å². The number of esters is 1. The summed E-state index contributed by atoms with van der Waals surface area (Å²) in [5, 5.41) is 17.9. The molecule has 0 spiro atoms. The van der Waals surface area contributed by atoms with Crippen LogP contribution in [0.15, 0.2) is 0 Å². The number of hydrogen-bond acceptors (Lipinski definition) is 4. The third-order valence-corrected chi connectivity index (χ3v) is 5.90. The number of rotatable bonds is 14. The first-order valence-corrected chi connectivity index (χ1v) is 10.9. The van der Waals surface area contributed by atoms with Crippen LogP contribution in [-0.2, 0) is 19.1 Å². The van der Waals surface area contributed by atoms with Crippen molar-refractivity contribution in [2.75, 3.05) is 6.61 Å². The molecule has 6 nitrogen and oxygen atoms in total. The van der Waals surface area contributed by atoms with Crippen LogP contribution in [0.1, 0.15) is 90.9 Å². The van der Waals surface area contributed by atoms with Crippen molar-refractivity contribution in [1.29, 1.82) is 0 Å². The van der Waals surface area contributed by atoms with E-state index in [0.717, 1.165) is 44.9 Å². The minimum absolute atomic E-state index is 0.132. The van der Waals surface area contributed by atoms with E-state index in [1.165, 1.54) is 0 Å². The van der Waals surface area contributed by atoms with E-state index in [4.69, 9.17) is 14.9 Å². The van der Waals surface area contributed by atoms with Gasteiger partial charge in [0.05, 0.1) is 6.61 Å². The molecular formula is C22H38O6. The SMILES string of the molecule is CC(C)CCCCOC(=O)CCC1CCC(CCC(=O)O)CC1CCC(=O)O. The van der Waals surface area contributed by atoms with Crippen LogP contribution in [0, 0.1) is 23.7 Å². The van der Waals surface area contributed by atoms with E-state index < -0.39 is 11.9 Å². The quantitative estimate of drug-likeness (QED) is 0.319. The zero-order valence-electron chi connectivity index (χ0n) is 17.5. The molecule has 162 valence electrons. The van der Waals surface area contributed by atoms with Gasteiger partial charge in [-0.2, -0.15) is 0 Å². The first-order valence-electron chi connectivity index (χ1n) is 10.9. The average Bonchev–Trinajstić information content (AvgIpc) is 2.63. The molecule has 1 rings (SSSR count). The lowest BCUT2D eigenvalue weighted by molar-refractivity contribution is -0.144.